The fourth-order valence-corrected chi connectivity index (χ4v) is 0.383. The lowest BCUT2D eigenvalue weighted by molar-refractivity contribution is -0.137. The van der Waals surface area contributed by atoms with Crippen molar-refractivity contribution >= 4 is 20.8 Å². The number of hydrogen-bond acceptors (Lipinski definition) is 4. The van der Waals surface area contributed by atoms with E-state index in [9.17, 15) is 4.79 Å². The lowest BCUT2D eigenvalue weighted by Crippen LogP contribution is -2.45. The second kappa shape index (κ2) is 3.02. The molecule has 5 N–H and O–H groups in total. The minimum Gasteiger partial charge on any atom is -0.492 e. The normalized spacial score (nSPS) is 12.9. The summed E-state index contributed by atoms with van der Waals surface area (Å²) < 4.78 is 16.4. The molecule has 0 radical (unpaired) electrons. The van der Waals surface area contributed by atoms with Gasteiger partial charge in [-0.05, 0) is 0 Å². The van der Waals surface area contributed by atoms with E-state index >= 15 is 0 Å². The van der Waals surface area contributed by atoms with Crippen LogP contribution in [-0.4, -0.2) is 39.1 Å². The molecule has 0 aromatic carbocycles. The number of carboxylic acid groups (broad SMARTS) is 1. The molecule has 1 unspecified atom stereocenters. The minimum atomic E-state index is -3.14. The first-order chi connectivity index (χ1) is 3.55. The summed E-state index contributed by atoms with van der Waals surface area (Å²) in [7, 11) is 0. The van der Waals surface area contributed by atoms with Crippen LogP contribution in [0.15, 0.2) is 0 Å². The molecule has 0 rings (SSSR count). The molecule has 0 aliphatic rings. The molecule has 0 saturated heterocycles. The van der Waals surface area contributed by atoms with Crippen LogP contribution in [0.2, 0.25) is 0 Å². The third-order valence-corrected chi connectivity index (χ3v) is 1.53. The molecule has 0 heterocycles. The van der Waals surface area contributed by atoms with Gasteiger partial charge in [0.15, 0.2) is 0 Å². The molecule has 5 nitrogen and oxygen atoms in total. The van der Waals surface area contributed by atoms with Crippen molar-refractivity contribution in [3.05, 3.63) is 0 Å². The van der Waals surface area contributed by atoms with E-state index in [1.165, 1.54) is 0 Å². The summed E-state index contributed by atoms with van der Waals surface area (Å²) in [5.74, 6) is -1.37. The molecular formula is C2H6AlNO4. The van der Waals surface area contributed by atoms with Gasteiger partial charge >= 0.3 is 20.8 Å². The third kappa shape index (κ3) is 2.26. The zero-order valence-corrected chi connectivity index (χ0v) is 5.14. The Bertz CT molecular complexity index is 94.0. The van der Waals surface area contributed by atoms with Gasteiger partial charge in [0.05, 0.1) is 0 Å². The first kappa shape index (κ1) is 7.88. The smallest absolute Gasteiger partial charge is 0.492 e. The number of carbonyl (C=O) groups is 1. The van der Waals surface area contributed by atoms with Gasteiger partial charge in [-0.1, -0.05) is 0 Å². The van der Waals surface area contributed by atoms with Gasteiger partial charge in [0.25, 0.3) is 0 Å². The van der Waals surface area contributed by atoms with Crippen LogP contribution in [-0.2, 0) is 4.79 Å². The SMILES string of the molecule is N[CH](C(=O)O)[Al]([OH])[OH]. The summed E-state index contributed by atoms with van der Waals surface area (Å²) in [6, 6.07) is 0. The highest BCUT2D eigenvalue weighted by Gasteiger charge is 2.31. The number of carboxylic acids is 1. The molecule has 46 valence electrons. The summed E-state index contributed by atoms with van der Waals surface area (Å²) in [5.41, 5.74) is 4.72. The predicted molar refractivity (Wildman–Crippen MR) is 25.8 cm³/mol. The van der Waals surface area contributed by atoms with Crippen molar-refractivity contribution < 1.29 is 18.2 Å². The van der Waals surface area contributed by atoms with Gasteiger partial charge < -0.3 is 19.2 Å². The van der Waals surface area contributed by atoms with Crippen molar-refractivity contribution in [1.29, 1.82) is 0 Å². The largest absolute Gasteiger partial charge is 0.700 e. The van der Waals surface area contributed by atoms with E-state index in [0.717, 1.165) is 0 Å². The maximum atomic E-state index is 9.73. The number of aliphatic carboxylic acids is 1. The van der Waals surface area contributed by atoms with Crippen LogP contribution in [0.3, 0.4) is 0 Å². The van der Waals surface area contributed by atoms with Gasteiger partial charge in [-0.2, -0.15) is 0 Å². The van der Waals surface area contributed by atoms with E-state index in [-0.39, 0.29) is 0 Å². The Morgan fingerprint density at radius 3 is 2.00 bits per heavy atom. The Balaban J connectivity index is 3.64. The average molecular weight is 135 g/mol. The van der Waals surface area contributed by atoms with Crippen LogP contribution < -0.4 is 5.73 Å². The Kier molecular flexibility index (Phi) is 2.97. The molecule has 0 aromatic rings. The number of rotatable bonds is 2. The van der Waals surface area contributed by atoms with Crippen molar-refractivity contribution in [2.24, 2.45) is 5.73 Å². The van der Waals surface area contributed by atoms with Crippen LogP contribution in [0, 0.1) is 0 Å². The molecule has 0 fully saturated rings. The van der Waals surface area contributed by atoms with Crippen LogP contribution in [0.5, 0.6) is 0 Å². The monoisotopic (exact) mass is 135 g/mol. The molecular weight excluding hydrogens is 129 g/mol. The topological polar surface area (TPSA) is 104 Å². The first-order valence-corrected chi connectivity index (χ1v) is 3.60. The first-order valence-electron chi connectivity index (χ1n) is 1.90. The molecule has 8 heavy (non-hydrogen) atoms. The van der Waals surface area contributed by atoms with Crippen LogP contribution in [0.25, 0.3) is 0 Å². The van der Waals surface area contributed by atoms with E-state index in [1.54, 1.807) is 0 Å². The number of hydrogen-bond donors (Lipinski definition) is 4. The Morgan fingerprint density at radius 1 is 1.62 bits per heavy atom. The lowest BCUT2D eigenvalue weighted by Gasteiger charge is -1.98. The zero-order valence-electron chi connectivity index (χ0n) is 3.98. The summed E-state index contributed by atoms with van der Waals surface area (Å²) >= 11 is -3.14. The van der Waals surface area contributed by atoms with Gasteiger partial charge in [0.1, 0.15) is 4.90 Å². The summed E-state index contributed by atoms with van der Waals surface area (Å²) in [5, 5.41) is 7.94. The fraction of sp³-hybridized carbons (Fsp3) is 0.500. The Morgan fingerprint density at radius 2 is 2.00 bits per heavy atom. The van der Waals surface area contributed by atoms with Gasteiger partial charge in [0.2, 0.25) is 0 Å². The van der Waals surface area contributed by atoms with Crippen LogP contribution in [0.1, 0.15) is 0 Å². The lowest BCUT2D eigenvalue weighted by atomic mass is 10.7. The number of nitrogens with two attached hydrogens (primary N) is 1. The summed E-state index contributed by atoms with van der Waals surface area (Å²) in [6.45, 7) is 0. The average Bonchev–Trinajstić information content (AvgIpc) is 1.64. The highest BCUT2D eigenvalue weighted by Crippen LogP contribution is 1.77. The molecule has 0 aliphatic carbocycles. The van der Waals surface area contributed by atoms with Crippen LogP contribution in [0.4, 0.5) is 0 Å². The van der Waals surface area contributed by atoms with Gasteiger partial charge in [0, 0.05) is 0 Å². The second-order valence-corrected chi connectivity index (χ2v) is 2.82. The van der Waals surface area contributed by atoms with Gasteiger partial charge in [-0.3, -0.25) is 4.79 Å². The molecule has 0 amide bonds. The Hall–Kier alpha value is -0.118. The molecule has 0 aliphatic heterocycles. The molecule has 6 heteroatoms. The fourth-order valence-electron chi connectivity index (χ4n) is 0.128. The third-order valence-electron chi connectivity index (χ3n) is 0.606. The van der Waals surface area contributed by atoms with Crippen molar-refractivity contribution in [3.8, 4) is 0 Å². The van der Waals surface area contributed by atoms with E-state index in [0.29, 0.717) is 0 Å². The molecule has 0 aromatic heterocycles. The van der Waals surface area contributed by atoms with Crippen molar-refractivity contribution in [3.63, 3.8) is 0 Å². The summed E-state index contributed by atoms with van der Waals surface area (Å²) in [6.07, 6.45) is 0. The van der Waals surface area contributed by atoms with Gasteiger partial charge in [-0.25, -0.2) is 0 Å². The molecule has 0 spiro atoms. The van der Waals surface area contributed by atoms with Gasteiger partial charge in [-0.15, -0.1) is 0 Å². The second-order valence-electron chi connectivity index (χ2n) is 1.28. The maximum absolute atomic E-state index is 9.73. The molecule has 1 atom stereocenters. The van der Waals surface area contributed by atoms with Crippen molar-refractivity contribution in [2.75, 3.05) is 0 Å². The predicted octanol–water partition coefficient (Wildman–Crippen LogP) is -2.59. The van der Waals surface area contributed by atoms with E-state index in [4.69, 9.17) is 19.2 Å². The van der Waals surface area contributed by atoms with Crippen molar-refractivity contribution in [2.45, 2.75) is 4.90 Å². The molecule has 0 bridgehead atoms. The standard InChI is InChI=1S/C2H4NO2.Al.2H2O/c3-1-2(4)5;;;/h1H,3H2,(H,4,5);;2*1H2/q;+2;;/p-2. The van der Waals surface area contributed by atoms with E-state index < -0.39 is 25.7 Å². The summed E-state index contributed by atoms with van der Waals surface area (Å²) in [4.78, 5) is 8.27. The van der Waals surface area contributed by atoms with E-state index in [1.807, 2.05) is 0 Å². The minimum absolute atomic E-state index is 1.37. The molecule has 0 saturated carbocycles. The quantitative estimate of drug-likeness (QED) is 0.311. The highest BCUT2D eigenvalue weighted by molar-refractivity contribution is 6.48. The Labute approximate surface area is 50.4 Å². The van der Waals surface area contributed by atoms with E-state index in [2.05, 4.69) is 0 Å². The van der Waals surface area contributed by atoms with Crippen LogP contribution >= 0.6 is 0 Å². The maximum Gasteiger partial charge on any atom is 0.700 e. The zero-order chi connectivity index (χ0) is 6.73. The highest BCUT2D eigenvalue weighted by atomic mass is 27.2. The van der Waals surface area contributed by atoms with Crippen molar-refractivity contribution in [1.82, 2.24) is 0 Å².